The fourth-order valence-corrected chi connectivity index (χ4v) is 1.17. The van der Waals surface area contributed by atoms with E-state index in [-0.39, 0.29) is 0 Å². The lowest BCUT2D eigenvalue weighted by atomic mass is 10.1. The summed E-state index contributed by atoms with van der Waals surface area (Å²) in [5.41, 5.74) is 8.58. The summed E-state index contributed by atoms with van der Waals surface area (Å²) in [6, 6.07) is 10.4. The summed E-state index contributed by atoms with van der Waals surface area (Å²) < 4.78 is 0. The maximum Gasteiger partial charge on any atom is 0.0419 e. The molecule has 0 unspecified atom stereocenters. The molecule has 0 saturated carbocycles. The van der Waals surface area contributed by atoms with E-state index in [1.54, 1.807) is 0 Å². The molecule has 11 heavy (non-hydrogen) atoms. The molecule has 2 heteroatoms. The van der Waals surface area contributed by atoms with Gasteiger partial charge in [0, 0.05) is 12.7 Å². The van der Waals surface area contributed by atoms with Crippen LogP contribution in [0.5, 0.6) is 0 Å². The van der Waals surface area contributed by atoms with E-state index < -0.39 is 0 Å². The lowest BCUT2D eigenvalue weighted by molar-refractivity contribution is 0.729. The van der Waals surface area contributed by atoms with E-state index in [1.165, 1.54) is 11.1 Å². The van der Waals surface area contributed by atoms with Crippen LogP contribution in [0, 0.1) is 0 Å². The average Bonchev–Trinajstić information content (AvgIpc) is 2.58. The van der Waals surface area contributed by atoms with Gasteiger partial charge in [0.25, 0.3) is 0 Å². The highest BCUT2D eigenvalue weighted by Crippen LogP contribution is 2.13. The Balaban J connectivity index is 2.29. The minimum Gasteiger partial charge on any atom is -0.328 e. The molecule has 2 nitrogen and oxygen atoms in total. The van der Waals surface area contributed by atoms with Crippen molar-refractivity contribution in [2.24, 2.45) is 0 Å². The number of hydrazine groups is 1. The first-order valence-corrected chi connectivity index (χ1v) is 3.70. The Kier molecular flexibility index (Phi) is 1.61. The van der Waals surface area contributed by atoms with Crippen LogP contribution in [0.15, 0.2) is 36.5 Å². The van der Waals surface area contributed by atoms with Gasteiger partial charge < -0.3 is 5.43 Å². The third kappa shape index (κ3) is 1.25. The molecular formula is C9H10N2. The molecular weight excluding hydrogens is 136 g/mol. The first-order valence-electron chi connectivity index (χ1n) is 3.70. The van der Waals surface area contributed by atoms with E-state index in [0.29, 0.717) is 0 Å². The molecule has 0 radical (unpaired) electrons. The average molecular weight is 146 g/mol. The van der Waals surface area contributed by atoms with Crippen LogP contribution in [0.25, 0.3) is 5.57 Å². The molecule has 0 spiro atoms. The molecule has 1 aromatic carbocycles. The predicted molar refractivity (Wildman–Crippen MR) is 45.6 cm³/mol. The zero-order chi connectivity index (χ0) is 7.52. The maximum atomic E-state index is 3.03. The van der Waals surface area contributed by atoms with E-state index in [9.17, 15) is 0 Å². The monoisotopic (exact) mass is 146 g/mol. The number of rotatable bonds is 1. The zero-order valence-corrected chi connectivity index (χ0v) is 6.17. The largest absolute Gasteiger partial charge is 0.328 e. The van der Waals surface area contributed by atoms with Crippen molar-refractivity contribution in [3.8, 4) is 0 Å². The smallest absolute Gasteiger partial charge is 0.0419 e. The van der Waals surface area contributed by atoms with Crippen molar-refractivity contribution in [1.29, 1.82) is 0 Å². The fraction of sp³-hybridized carbons (Fsp3) is 0.111. The van der Waals surface area contributed by atoms with Gasteiger partial charge in [-0.15, -0.1) is 0 Å². The van der Waals surface area contributed by atoms with Gasteiger partial charge in [0.15, 0.2) is 0 Å². The molecule has 0 atom stereocenters. The minimum atomic E-state index is 0.907. The molecule has 1 aliphatic rings. The Bertz CT molecular complexity index is 264. The van der Waals surface area contributed by atoms with Gasteiger partial charge in [-0.2, -0.15) is 0 Å². The number of nitrogens with one attached hydrogen (secondary N) is 2. The molecule has 2 N–H and O–H groups in total. The molecule has 0 saturated heterocycles. The van der Waals surface area contributed by atoms with E-state index in [0.717, 1.165) is 6.54 Å². The molecule has 1 aromatic rings. The SMILES string of the molecule is C1=C(c2ccccc2)CNN1. The summed E-state index contributed by atoms with van der Waals surface area (Å²) in [5.74, 6) is 0. The lowest BCUT2D eigenvalue weighted by Gasteiger charge is -1.97. The van der Waals surface area contributed by atoms with Crippen molar-refractivity contribution in [2.75, 3.05) is 6.54 Å². The highest BCUT2D eigenvalue weighted by molar-refractivity contribution is 5.67. The van der Waals surface area contributed by atoms with E-state index >= 15 is 0 Å². The van der Waals surface area contributed by atoms with Gasteiger partial charge >= 0.3 is 0 Å². The molecule has 1 aliphatic heterocycles. The second-order valence-electron chi connectivity index (χ2n) is 2.53. The summed E-state index contributed by atoms with van der Waals surface area (Å²) in [5, 5.41) is 0. The Morgan fingerprint density at radius 3 is 2.55 bits per heavy atom. The lowest BCUT2D eigenvalue weighted by Crippen LogP contribution is -2.20. The Labute approximate surface area is 65.9 Å². The third-order valence-corrected chi connectivity index (χ3v) is 1.77. The van der Waals surface area contributed by atoms with Crippen molar-refractivity contribution in [2.45, 2.75) is 0 Å². The van der Waals surface area contributed by atoms with Crippen LogP contribution in [-0.2, 0) is 0 Å². The van der Waals surface area contributed by atoms with Gasteiger partial charge in [0.05, 0.1) is 0 Å². The number of hydrogen-bond acceptors (Lipinski definition) is 2. The molecule has 0 amide bonds. The molecule has 0 aromatic heterocycles. The van der Waals surface area contributed by atoms with Crippen LogP contribution in [-0.4, -0.2) is 6.54 Å². The van der Waals surface area contributed by atoms with Gasteiger partial charge in [-0.05, 0) is 11.1 Å². The van der Waals surface area contributed by atoms with Crippen LogP contribution < -0.4 is 10.9 Å². The van der Waals surface area contributed by atoms with Gasteiger partial charge in [-0.25, -0.2) is 5.43 Å². The quantitative estimate of drug-likeness (QED) is 0.620. The molecule has 0 fully saturated rings. The van der Waals surface area contributed by atoms with Crippen molar-refractivity contribution in [3.05, 3.63) is 42.1 Å². The Morgan fingerprint density at radius 2 is 1.91 bits per heavy atom. The molecule has 2 rings (SSSR count). The molecule has 1 heterocycles. The van der Waals surface area contributed by atoms with Crippen LogP contribution in [0.3, 0.4) is 0 Å². The topological polar surface area (TPSA) is 24.1 Å². The van der Waals surface area contributed by atoms with Crippen molar-refractivity contribution < 1.29 is 0 Å². The summed E-state index contributed by atoms with van der Waals surface area (Å²) in [6.07, 6.45) is 2.00. The summed E-state index contributed by atoms with van der Waals surface area (Å²) in [4.78, 5) is 0. The van der Waals surface area contributed by atoms with E-state index in [1.807, 2.05) is 12.3 Å². The standard InChI is InChI=1S/C9H10N2/c1-2-4-8(5-3-1)9-6-10-11-7-9/h1-6,10-11H,7H2. The maximum absolute atomic E-state index is 3.03. The van der Waals surface area contributed by atoms with E-state index in [4.69, 9.17) is 0 Å². The third-order valence-electron chi connectivity index (χ3n) is 1.77. The highest BCUT2D eigenvalue weighted by Gasteiger charge is 2.03. The van der Waals surface area contributed by atoms with Crippen molar-refractivity contribution >= 4 is 5.57 Å². The minimum absolute atomic E-state index is 0.907. The van der Waals surface area contributed by atoms with Crippen LogP contribution >= 0.6 is 0 Å². The number of hydrogen-bond donors (Lipinski definition) is 2. The van der Waals surface area contributed by atoms with Crippen LogP contribution in [0.4, 0.5) is 0 Å². The summed E-state index contributed by atoms with van der Waals surface area (Å²) in [7, 11) is 0. The summed E-state index contributed by atoms with van der Waals surface area (Å²) >= 11 is 0. The van der Waals surface area contributed by atoms with Gasteiger partial charge in [0.2, 0.25) is 0 Å². The van der Waals surface area contributed by atoms with Crippen LogP contribution in [0.1, 0.15) is 5.56 Å². The second-order valence-corrected chi connectivity index (χ2v) is 2.53. The number of benzene rings is 1. The highest BCUT2D eigenvalue weighted by atomic mass is 15.4. The summed E-state index contributed by atoms with van der Waals surface area (Å²) in [6.45, 7) is 0.907. The van der Waals surface area contributed by atoms with Crippen molar-refractivity contribution in [3.63, 3.8) is 0 Å². The predicted octanol–water partition coefficient (Wildman–Crippen LogP) is 1.14. The van der Waals surface area contributed by atoms with Crippen molar-refractivity contribution in [1.82, 2.24) is 10.9 Å². The molecule has 0 bridgehead atoms. The Morgan fingerprint density at radius 1 is 1.09 bits per heavy atom. The first-order chi connectivity index (χ1) is 5.47. The second kappa shape index (κ2) is 2.76. The first kappa shape index (κ1) is 6.43. The zero-order valence-electron chi connectivity index (χ0n) is 6.17. The van der Waals surface area contributed by atoms with E-state index in [2.05, 4.69) is 35.1 Å². The molecule has 56 valence electrons. The fourth-order valence-electron chi connectivity index (χ4n) is 1.17. The normalized spacial score (nSPS) is 15.8. The van der Waals surface area contributed by atoms with Gasteiger partial charge in [-0.1, -0.05) is 30.3 Å². The van der Waals surface area contributed by atoms with Gasteiger partial charge in [0.1, 0.15) is 0 Å². The van der Waals surface area contributed by atoms with Gasteiger partial charge in [-0.3, -0.25) is 0 Å². The Hall–Kier alpha value is -1.28. The molecule has 0 aliphatic carbocycles. The van der Waals surface area contributed by atoms with Crippen LogP contribution in [0.2, 0.25) is 0 Å².